The number of anilines is 1. The van der Waals surface area contributed by atoms with Gasteiger partial charge in [0.1, 0.15) is 11.6 Å². The second kappa shape index (κ2) is 8.86. The number of hydrogen-bond acceptors (Lipinski definition) is 3. The van der Waals surface area contributed by atoms with E-state index < -0.39 is 5.92 Å². The molecule has 1 aliphatic carbocycles. The minimum Gasteiger partial charge on any atom is -0.507 e. The first-order valence-electron chi connectivity index (χ1n) is 11.7. The summed E-state index contributed by atoms with van der Waals surface area (Å²) in [7, 11) is 0. The van der Waals surface area contributed by atoms with Gasteiger partial charge in [-0.05, 0) is 41.7 Å². The highest BCUT2D eigenvalue weighted by atomic mass is 35.5. The van der Waals surface area contributed by atoms with Crippen LogP contribution in [0, 0.1) is 10.8 Å². The van der Waals surface area contributed by atoms with Crippen LogP contribution >= 0.6 is 11.6 Å². The van der Waals surface area contributed by atoms with Gasteiger partial charge in [-0.1, -0.05) is 86.1 Å². The van der Waals surface area contributed by atoms with E-state index in [9.17, 15) is 15.3 Å². The molecule has 1 heterocycles. The summed E-state index contributed by atoms with van der Waals surface area (Å²) in [6.07, 6.45) is 1.05. The number of ketones is 1. The number of rotatable bonds is 3. The molecule has 5 rings (SSSR count). The van der Waals surface area contributed by atoms with Crippen LogP contribution in [0.25, 0.3) is 5.76 Å². The van der Waals surface area contributed by atoms with Crippen molar-refractivity contribution in [1.29, 1.82) is 5.41 Å². The third kappa shape index (κ3) is 4.19. The van der Waals surface area contributed by atoms with Crippen molar-refractivity contribution in [1.82, 2.24) is 0 Å². The minimum absolute atomic E-state index is 0.00704. The molecule has 0 saturated heterocycles. The topological polar surface area (TPSA) is 64.4 Å². The molecule has 0 amide bonds. The predicted molar refractivity (Wildman–Crippen MR) is 142 cm³/mol. The van der Waals surface area contributed by atoms with Crippen molar-refractivity contribution in [2.24, 2.45) is 5.41 Å². The molecule has 1 unspecified atom stereocenters. The van der Waals surface area contributed by atoms with E-state index in [0.717, 1.165) is 16.9 Å². The monoisotopic (exact) mass is 482 g/mol. The van der Waals surface area contributed by atoms with Crippen molar-refractivity contribution in [2.75, 3.05) is 4.90 Å². The standard InChI is InChI=1S/C30H27ClN2O2/c1-30(2)17-23-26(24(34)18-30)25(19-9-5-3-6-10-19)27(28(35)20-11-7-4-8-12-20)29(32)33(23)22-15-13-21(31)14-16-22/h3-16,25,32,35H,17-18H2,1-2H3/b28-27+,32-29?. The lowest BCUT2D eigenvalue weighted by atomic mass is 9.67. The zero-order chi connectivity index (χ0) is 24.7. The van der Waals surface area contributed by atoms with Crippen LogP contribution in [0.1, 0.15) is 43.7 Å². The molecule has 0 radical (unpaired) electrons. The SMILES string of the molecule is CC1(C)CC(=O)C2=C(C1)N(c1ccc(Cl)cc1)C(=N)/C(=C(/O)c1ccccc1)C2c1ccccc1. The van der Waals surface area contributed by atoms with Crippen molar-refractivity contribution in [3.63, 3.8) is 0 Å². The number of nitrogens with zero attached hydrogens (tertiary/aromatic N) is 1. The molecule has 1 aliphatic heterocycles. The van der Waals surface area contributed by atoms with Crippen LogP contribution in [0.4, 0.5) is 5.69 Å². The smallest absolute Gasteiger partial charge is 0.162 e. The van der Waals surface area contributed by atoms with Gasteiger partial charge in [-0.25, -0.2) is 0 Å². The van der Waals surface area contributed by atoms with Crippen molar-refractivity contribution in [3.05, 3.63) is 118 Å². The van der Waals surface area contributed by atoms with Gasteiger partial charge >= 0.3 is 0 Å². The van der Waals surface area contributed by atoms with E-state index in [2.05, 4.69) is 13.8 Å². The van der Waals surface area contributed by atoms with E-state index in [4.69, 9.17) is 11.6 Å². The Kier molecular flexibility index (Phi) is 5.86. The summed E-state index contributed by atoms with van der Waals surface area (Å²) in [5.41, 5.74) is 3.87. The Balaban J connectivity index is 1.84. The number of amidine groups is 1. The summed E-state index contributed by atoms with van der Waals surface area (Å²) in [4.78, 5) is 15.6. The molecule has 3 aromatic carbocycles. The van der Waals surface area contributed by atoms with Crippen LogP contribution in [0.3, 0.4) is 0 Å². The molecule has 5 heteroatoms. The number of Topliss-reactive ketones (excluding diaryl/α,β-unsaturated/α-hetero) is 1. The fourth-order valence-electron chi connectivity index (χ4n) is 5.22. The molecule has 2 aliphatic rings. The highest BCUT2D eigenvalue weighted by molar-refractivity contribution is 6.30. The van der Waals surface area contributed by atoms with Gasteiger partial charge in [-0.2, -0.15) is 0 Å². The molecule has 176 valence electrons. The molecule has 2 N–H and O–H groups in total. The highest BCUT2D eigenvalue weighted by Gasteiger charge is 2.46. The summed E-state index contributed by atoms with van der Waals surface area (Å²) < 4.78 is 0. The fourth-order valence-corrected chi connectivity index (χ4v) is 5.35. The van der Waals surface area contributed by atoms with E-state index in [1.165, 1.54) is 0 Å². The number of halogens is 1. The summed E-state index contributed by atoms with van der Waals surface area (Å²) in [6.45, 7) is 4.17. The van der Waals surface area contributed by atoms with E-state index in [0.29, 0.717) is 34.6 Å². The molecule has 0 fully saturated rings. The number of nitrogens with one attached hydrogen (secondary N) is 1. The second-order valence-corrected chi connectivity index (χ2v) is 10.4. The Labute approximate surface area is 210 Å². The van der Waals surface area contributed by atoms with E-state index in [1.807, 2.05) is 77.7 Å². The molecule has 0 bridgehead atoms. The Bertz CT molecular complexity index is 1360. The summed E-state index contributed by atoms with van der Waals surface area (Å²) in [5, 5.41) is 21.6. The average Bonchev–Trinajstić information content (AvgIpc) is 2.84. The van der Waals surface area contributed by atoms with E-state index in [-0.39, 0.29) is 22.8 Å². The van der Waals surface area contributed by atoms with Gasteiger partial charge in [-0.3, -0.25) is 15.1 Å². The second-order valence-electron chi connectivity index (χ2n) is 9.93. The normalized spacial score (nSPS) is 21.1. The first kappa shape index (κ1) is 23.1. The third-order valence-electron chi connectivity index (χ3n) is 6.74. The molecular formula is C30H27ClN2O2. The first-order chi connectivity index (χ1) is 16.8. The molecule has 0 saturated carbocycles. The van der Waals surface area contributed by atoms with Gasteiger partial charge in [0.05, 0.1) is 0 Å². The molecule has 35 heavy (non-hydrogen) atoms. The van der Waals surface area contributed by atoms with Gasteiger partial charge in [0.2, 0.25) is 0 Å². The lowest BCUT2D eigenvalue weighted by Gasteiger charge is -2.45. The Morgan fingerprint density at radius 1 is 0.943 bits per heavy atom. The van der Waals surface area contributed by atoms with Crippen molar-refractivity contribution in [2.45, 2.75) is 32.6 Å². The van der Waals surface area contributed by atoms with Crippen LogP contribution in [0.15, 0.2) is 102 Å². The molecule has 4 nitrogen and oxygen atoms in total. The van der Waals surface area contributed by atoms with Gasteiger partial charge in [0.25, 0.3) is 0 Å². The van der Waals surface area contributed by atoms with Crippen molar-refractivity contribution >= 4 is 34.7 Å². The van der Waals surface area contributed by atoms with Crippen LogP contribution < -0.4 is 4.90 Å². The van der Waals surface area contributed by atoms with Crippen LogP contribution in [-0.4, -0.2) is 16.7 Å². The number of hydrogen-bond donors (Lipinski definition) is 2. The Morgan fingerprint density at radius 3 is 2.17 bits per heavy atom. The third-order valence-corrected chi connectivity index (χ3v) is 6.99. The minimum atomic E-state index is -0.536. The summed E-state index contributed by atoms with van der Waals surface area (Å²) in [5.74, 6) is -0.319. The maximum atomic E-state index is 13.8. The zero-order valence-corrected chi connectivity index (χ0v) is 20.5. The van der Waals surface area contributed by atoms with Gasteiger partial charge < -0.3 is 5.11 Å². The largest absolute Gasteiger partial charge is 0.507 e. The maximum absolute atomic E-state index is 13.8. The zero-order valence-electron chi connectivity index (χ0n) is 19.8. The molecule has 1 atom stereocenters. The number of aliphatic hydroxyl groups is 1. The molecular weight excluding hydrogens is 456 g/mol. The van der Waals surface area contributed by atoms with Gasteiger partial charge in [-0.15, -0.1) is 0 Å². The molecule has 0 spiro atoms. The number of allylic oxidation sites excluding steroid dienone is 2. The quantitative estimate of drug-likeness (QED) is 0.379. The van der Waals surface area contributed by atoms with Crippen LogP contribution in [0.5, 0.6) is 0 Å². The van der Waals surface area contributed by atoms with Crippen LogP contribution in [-0.2, 0) is 4.79 Å². The number of carbonyl (C=O) groups excluding carboxylic acids is 1. The lowest BCUT2D eigenvalue weighted by molar-refractivity contribution is -0.118. The van der Waals surface area contributed by atoms with Gasteiger partial charge in [0.15, 0.2) is 5.78 Å². The number of benzene rings is 3. The maximum Gasteiger partial charge on any atom is 0.162 e. The van der Waals surface area contributed by atoms with Gasteiger partial charge in [0, 0.05) is 45.5 Å². The lowest BCUT2D eigenvalue weighted by Crippen LogP contribution is -2.45. The Hall–Kier alpha value is -3.63. The number of aliphatic hydroxyl groups excluding tert-OH is 1. The van der Waals surface area contributed by atoms with E-state index >= 15 is 0 Å². The highest BCUT2D eigenvalue weighted by Crippen LogP contribution is 2.51. The Morgan fingerprint density at radius 2 is 1.54 bits per heavy atom. The first-order valence-corrected chi connectivity index (χ1v) is 12.1. The summed E-state index contributed by atoms with van der Waals surface area (Å²) in [6, 6.07) is 26.2. The average molecular weight is 483 g/mol. The van der Waals surface area contributed by atoms with Crippen LogP contribution in [0.2, 0.25) is 5.02 Å². The van der Waals surface area contributed by atoms with Crippen molar-refractivity contribution < 1.29 is 9.90 Å². The molecule has 0 aromatic heterocycles. The fraction of sp³-hybridized carbons (Fsp3) is 0.200. The van der Waals surface area contributed by atoms with E-state index in [1.54, 1.807) is 12.1 Å². The predicted octanol–water partition coefficient (Wildman–Crippen LogP) is 7.53. The summed E-state index contributed by atoms with van der Waals surface area (Å²) >= 11 is 6.17. The number of carbonyl (C=O) groups is 1. The van der Waals surface area contributed by atoms with Crippen molar-refractivity contribution in [3.8, 4) is 0 Å². The molecule has 3 aromatic rings.